The van der Waals surface area contributed by atoms with Gasteiger partial charge in [-0.3, -0.25) is 0 Å². The predicted octanol–water partition coefficient (Wildman–Crippen LogP) is 4.32. The van der Waals surface area contributed by atoms with Gasteiger partial charge < -0.3 is 4.57 Å². The van der Waals surface area contributed by atoms with E-state index in [-0.39, 0.29) is 5.41 Å². The molecule has 6 heteroatoms. The molecule has 26 heavy (non-hydrogen) atoms. The molecule has 0 N–H and O–H groups in total. The van der Waals surface area contributed by atoms with Crippen LogP contribution < -0.4 is 0 Å². The van der Waals surface area contributed by atoms with Crippen LogP contribution in [0.4, 0.5) is 0 Å². The third-order valence-electron chi connectivity index (χ3n) is 5.88. The molecule has 1 fully saturated rings. The third kappa shape index (κ3) is 3.28. The van der Waals surface area contributed by atoms with Crippen LogP contribution in [0, 0.1) is 5.92 Å². The van der Waals surface area contributed by atoms with E-state index in [1.807, 2.05) is 12.1 Å². The van der Waals surface area contributed by atoms with Crippen molar-refractivity contribution in [3.05, 3.63) is 46.5 Å². The molecule has 2 heterocycles. The molecule has 0 unspecified atom stereocenters. The number of halogens is 1. The Hall–Kier alpha value is -1.43. The summed E-state index contributed by atoms with van der Waals surface area (Å²) in [5.74, 6) is 2.72. The van der Waals surface area contributed by atoms with Crippen LogP contribution in [0.2, 0.25) is 5.02 Å². The highest BCUT2D eigenvalue weighted by Crippen LogP contribution is 2.52. The molecule has 0 saturated heterocycles. The van der Waals surface area contributed by atoms with E-state index in [2.05, 4.69) is 21.8 Å². The lowest BCUT2D eigenvalue weighted by Gasteiger charge is -2.47. The largest absolute Gasteiger partial charge is 0.314 e. The number of hydrogen-bond acceptors (Lipinski definition) is 4. The van der Waals surface area contributed by atoms with E-state index in [1.165, 1.54) is 31.2 Å². The second-order valence-corrected chi connectivity index (χ2v) is 8.01. The Morgan fingerprint density at radius 3 is 2.65 bits per heavy atom. The van der Waals surface area contributed by atoms with Gasteiger partial charge in [0.05, 0.1) is 19.1 Å². The Bertz CT molecular complexity index is 738. The molecule has 1 aliphatic carbocycles. The summed E-state index contributed by atoms with van der Waals surface area (Å²) in [5, 5.41) is 10.0. The maximum atomic E-state index is 6.13. The van der Waals surface area contributed by atoms with E-state index in [1.54, 1.807) is 7.11 Å². The van der Waals surface area contributed by atoms with Crippen molar-refractivity contribution in [1.29, 1.82) is 0 Å². The molecule has 0 atom stereocenters. The number of aromatic nitrogens is 3. The van der Waals surface area contributed by atoms with E-state index >= 15 is 0 Å². The molecule has 5 nitrogen and oxygen atoms in total. The highest BCUT2D eigenvalue weighted by atomic mass is 35.5. The third-order valence-corrected chi connectivity index (χ3v) is 6.13. The normalized spacial score (nSPS) is 25.8. The summed E-state index contributed by atoms with van der Waals surface area (Å²) in [6.45, 7) is 1.64. The van der Waals surface area contributed by atoms with Crippen molar-refractivity contribution < 1.29 is 9.78 Å². The number of nitrogens with zero attached hydrogens (tertiary/aromatic N) is 3. The van der Waals surface area contributed by atoms with Crippen LogP contribution >= 0.6 is 11.6 Å². The monoisotopic (exact) mass is 375 g/mol. The van der Waals surface area contributed by atoms with E-state index in [0.29, 0.717) is 12.5 Å². The number of benzene rings is 1. The quantitative estimate of drug-likeness (QED) is 0.576. The summed E-state index contributed by atoms with van der Waals surface area (Å²) in [6, 6.07) is 8.23. The average Bonchev–Trinajstić information content (AvgIpc) is 2.97. The first-order valence-corrected chi connectivity index (χ1v) is 9.95. The van der Waals surface area contributed by atoms with Gasteiger partial charge in [-0.25, -0.2) is 9.78 Å². The van der Waals surface area contributed by atoms with Crippen molar-refractivity contribution in [3.8, 4) is 0 Å². The minimum absolute atomic E-state index is 0.100. The van der Waals surface area contributed by atoms with Gasteiger partial charge in [0.15, 0.2) is 0 Å². The minimum Gasteiger partial charge on any atom is -0.314 e. The molecule has 1 aromatic carbocycles. The maximum Gasteiger partial charge on any atom is 0.143 e. The molecule has 0 spiro atoms. The fourth-order valence-electron chi connectivity index (χ4n) is 4.54. The summed E-state index contributed by atoms with van der Waals surface area (Å²) >= 11 is 6.13. The number of aryl methyl sites for hydroxylation is 1. The smallest absolute Gasteiger partial charge is 0.143 e. The topological polar surface area (TPSA) is 49.2 Å². The van der Waals surface area contributed by atoms with Crippen LogP contribution in [0.15, 0.2) is 24.3 Å². The van der Waals surface area contributed by atoms with Crippen LogP contribution in [0.25, 0.3) is 0 Å². The van der Waals surface area contributed by atoms with Crippen molar-refractivity contribution in [1.82, 2.24) is 14.8 Å². The molecule has 2 aromatic rings. The fourth-order valence-corrected chi connectivity index (χ4v) is 4.67. The number of fused-ring (bicyclic) bond motifs is 1. The van der Waals surface area contributed by atoms with Gasteiger partial charge in [0.1, 0.15) is 11.6 Å². The van der Waals surface area contributed by atoms with Crippen LogP contribution in [0.3, 0.4) is 0 Å². The fraction of sp³-hybridized carbons (Fsp3) is 0.600. The first-order valence-electron chi connectivity index (χ1n) is 9.57. The van der Waals surface area contributed by atoms with Crippen molar-refractivity contribution >= 4 is 11.6 Å². The van der Waals surface area contributed by atoms with Crippen LogP contribution in [0.5, 0.6) is 0 Å². The Kier molecular flexibility index (Phi) is 5.30. The minimum atomic E-state index is -0.100. The van der Waals surface area contributed by atoms with Gasteiger partial charge in [0.2, 0.25) is 0 Å². The van der Waals surface area contributed by atoms with Gasteiger partial charge in [0.25, 0.3) is 0 Å². The summed E-state index contributed by atoms with van der Waals surface area (Å²) < 4.78 is 2.39. The molecule has 1 saturated carbocycles. The summed E-state index contributed by atoms with van der Waals surface area (Å²) in [4.78, 5) is 9.99. The number of rotatable bonds is 5. The highest BCUT2D eigenvalue weighted by Gasteiger charge is 2.50. The highest BCUT2D eigenvalue weighted by molar-refractivity contribution is 6.30. The van der Waals surface area contributed by atoms with Gasteiger partial charge in [-0.1, -0.05) is 36.6 Å². The van der Waals surface area contributed by atoms with Crippen molar-refractivity contribution in [2.24, 2.45) is 5.92 Å². The second kappa shape index (κ2) is 7.67. The average molecular weight is 376 g/mol. The van der Waals surface area contributed by atoms with Crippen molar-refractivity contribution in [2.45, 2.75) is 56.9 Å². The summed E-state index contributed by atoms with van der Waals surface area (Å²) in [6.07, 6.45) is 8.00. The first kappa shape index (κ1) is 18.0. The van der Waals surface area contributed by atoms with Crippen LogP contribution in [-0.2, 0) is 28.2 Å². The molecule has 140 valence electrons. The Morgan fingerprint density at radius 1 is 1.12 bits per heavy atom. The van der Waals surface area contributed by atoms with Gasteiger partial charge in [-0.15, -0.1) is 10.2 Å². The molecule has 1 aromatic heterocycles. The Balaban J connectivity index is 1.69. The molecule has 0 radical (unpaired) electrons. The zero-order valence-electron chi connectivity index (χ0n) is 15.3. The zero-order chi connectivity index (χ0) is 18.0. The van der Waals surface area contributed by atoms with Crippen molar-refractivity contribution in [3.63, 3.8) is 0 Å². The lowest BCUT2D eigenvalue weighted by atomic mass is 9.58. The predicted molar refractivity (Wildman–Crippen MR) is 100 cm³/mol. The molecular weight excluding hydrogens is 350 g/mol. The van der Waals surface area contributed by atoms with Gasteiger partial charge >= 0.3 is 0 Å². The van der Waals surface area contributed by atoms with E-state index < -0.39 is 0 Å². The van der Waals surface area contributed by atoms with Gasteiger partial charge in [-0.2, -0.15) is 0 Å². The Labute approximate surface area is 159 Å². The summed E-state index contributed by atoms with van der Waals surface area (Å²) in [7, 11) is 1.56. The molecule has 2 aliphatic rings. The molecule has 1 aliphatic heterocycles. The lowest BCUT2D eigenvalue weighted by molar-refractivity contribution is -0.285. The van der Waals surface area contributed by atoms with Gasteiger partial charge in [0, 0.05) is 18.0 Å². The lowest BCUT2D eigenvalue weighted by Crippen LogP contribution is -2.46. The van der Waals surface area contributed by atoms with Crippen molar-refractivity contribution in [2.75, 3.05) is 13.7 Å². The number of hydrogen-bond donors (Lipinski definition) is 0. The molecule has 4 rings (SSSR count). The molecule has 0 bridgehead atoms. The van der Waals surface area contributed by atoms with Gasteiger partial charge in [-0.05, 0) is 49.3 Å². The van der Waals surface area contributed by atoms with Crippen LogP contribution in [-0.4, -0.2) is 28.5 Å². The molecule has 0 amide bonds. The van der Waals surface area contributed by atoms with E-state index in [9.17, 15) is 0 Å². The summed E-state index contributed by atoms with van der Waals surface area (Å²) in [5.41, 5.74) is 1.17. The SMILES string of the molecule is COOCC1CC(c2ccc(Cl)cc2)(c2nnc3n2CCCCCC3)C1. The van der Waals surface area contributed by atoms with Crippen LogP contribution in [0.1, 0.15) is 55.7 Å². The first-order chi connectivity index (χ1) is 12.7. The zero-order valence-corrected chi connectivity index (χ0v) is 16.0. The Morgan fingerprint density at radius 2 is 1.88 bits per heavy atom. The standard InChI is InChI=1S/C20H26ClN3O2/c1-25-26-14-15-12-20(13-15,16-7-9-17(21)10-8-16)19-23-22-18-6-4-2-3-5-11-24(18)19/h7-10,15H,2-6,11-14H2,1H3. The van der Waals surface area contributed by atoms with E-state index in [4.69, 9.17) is 26.5 Å². The maximum absolute atomic E-state index is 6.13. The second-order valence-electron chi connectivity index (χ2n) is 7.57. The molecular formula is C20H26ClN3O2. The van der Waals surface area contributed by atoms with E-state index in [0.717, 1.165) is 42.5 Å².